The lowest BCUT2D eigenvalue weighted by Crippen LogP contribution is -2.67. The average molecular weight is 427 g/mol. The number of rotatable bonds is 7. The molecule has 1 heterocycles. The zero-order valence-electron chi connectivity index (χ0n) is 17.4. The number of carbonyl (C=O) groups excluding carboxylic acids is 3. The van der Waals surface area contributed by atoms with E-state index in [4.69, 9.17) is 4.74 Å². The number of hydrogen-bond donors (Lipinski definition) is 1. The van der Waals surface area contributed by atoms with Gasteiger partial charge in [0.05, 0.1) is 20.2 Å². The molecular formula is C24H28NO4S+. The maximum atomic E-state index is 13.6. The van der Waals surface area contributed by atoms with Crippen molar-refractivity contribution in [3.05, 3.63) is 65.7 Å². The van der Waals surface area contributed by atoms with Gasteiger partial charge in [-0.25, -0.2) is 9.28 Å². The normalized spacial score (nSPS) is 23.6. The van der Waals surface area contributed by atoms with Gasteiger partial charge in [-0.1, -0.05) is 62.0 Å². The van der Waals surface area contributed by atoms with Crippen LogP contribution < -0.4 is 4.74 Å². The van der Waals surface area contributed by atoms with Crippen LogP contribution in [0.3, 0.4) is 0 Å². The van der Waals surface area contributed by atoms with Crippen molar-refractivity contribution in [2.45, 2.75) is 38.1 Å². The molecule has 30 heavy (non-hydrogen) atoms. The Morgan fingerprint density at radius 1 is 1.07 bits per heavy atom. The van der Waals surface area contributed by atoms with Crippen molar-refractivity contribution in [3.8, 4) is 5.75 Å². The highest BCUT2D eigenvalue weighted by Gasteiger charge is 2.55. The summed E-state index contributed by atoms with van der Waals surface area (Å²) in [6.45, 7) is 2.87. The van der Waals surface area contributed by atoms with Crippen molar-refractivity contribution < 1.29 is 23.6 Å². The number of hydrogen-bond acceptors (Lipinski definition) is 4. The van der Waals surface area contributed by atoms with Crippen molar-refractivity contribution >= 4 is 29.4 Å². The topological polar surface area (TPSA) is 60.4 Å². The Hall–Kier alpha value is -2.44. The van der Waals surface area contributed by atoms with Gasteiger partial charge in [0.15, 0.2) is 6.04 Å². The molecule has 1 amide bonds. The molecule has 5 nitrogen and oxygen atoms in total. The van der Waals surface area contributed by atoms with Crippen LogP contribution in [0.1, 0.15) is 48.0 Å². The van der Waals surface area contributed by atoms with Crippen molar-refractivity contribution in [2.24, 2.45) is 0 Å². The number of Topliss-reactive ketones (excluding diaryl/α,β-unsaturated/α-hetero) is 1. The Labute approximate surface area is 183 Å². The summed E-state index contributed by atoms with van der Waals surface area (Å²) in [5, 5.41) is -0.349. The third-order valence-electron chi connectivity index (χ3n) is 6.04. The minimum Gasteiger partial charge on any atom is -0.497 e. The molecule has 0 radical (unpaired) electrons. The first-order valence-corrected chi connectivity index (χ1v) is 10.8. The summed E-state index contributed by atoms with van der Waals surface area (Å²) < 4.78 is 5.08. The molecule has 3 unspecified atom stereocenters. The van der Waals surface area contributed by atoms with Gasteiger partial charge in [-0.3, -0.25) is 9.59 Å². The highest BCUT2D eigenvalue weighted by molar-refractivity contribution is 7.96. The van der Waals surface area contributed by atoms with E-state index in [-0.39, 0.29) is 15.5 Å². The molecule has 0 bridgehead atoms. The average Bonchev–Trinajstić information content (AvgIpc) is 2.78. The van der Waals surface area contributed by atoms with E-state index in [0.717, 1.165) is 24.2 Å². The molecule has 6 heteroatoms. The van der Waals surface area contributed by atoms with E-state index in [1.54, 1.807) is 37.4 Å². The van der Waals surface area contributed by atoms with E-state index in [1.807, 2.05) is 31.2 Å². The minimum atomic E-state index is -0.699. The zero-order valence-corrected chi connectivity index (χ0v) is 18.3. The third-order valence-corrected chi connectivity index (χ3v) is 6.30. The Balaban J connectivity index is 2.05. The van der Waals surface area contributed by atoms with Crippen LogP contribution in [0.4, 0.5) is 0 Å². The summed E-state index contributed by atoms with van der Waals surface area (Å²) in [6.07, 6.45) is 2.20. The number of piperidine rings is 1. The maximum Gasteiger partial charge on any atom is 0.387 e. The SMILES string of the molecule is CCC[N+]1(C(=O)C(=O)c2ccccc2)CCCC(c2ccc(OC)cc2)C1C(=O)S. The van der Waals surface area contributed by atoms with Gasteiger partial charge in [0.25, 0.3) is 5.78 Å². The van der Waals surface area contributed by atoms with Crippen LogP contribution in [-0.4, -0.2) is 47.5 Å². The van der Waals surface area contributed by atoms with Gasteiger partial charge in [0, 0.05) is 11.5 Å². The van der Waals surface area contributed by atoms with Gasteiger partial charge in [-0.2, -0.15) is 0 Å². The molecule has 158 valence electrons. The Kier molecular flexibility index (Phi) is 7.10. The monoisotopic (exact) mass is 426 g/mol. The molecule has 3 rings (SSSR count). The molecule has 1 aliphatic heterocycles. The van der Waals surface area contributed by atoms with Crippen LogP contribution in [0.25, 0.3) is 0 Å². The molecule has 2 aromatic carbocycles. The number of benzene rings is 2. The van der Waals surface area contributed by atoms with Crippen molar-refractivity contribution in [1.82, 2.24) is 0 Å². The van der Waals surface area contributed by atoms with E-state index in [9.17, 15) is 14.4 Å². The lowest BCUT2D eigenvalue weighted by molar-refractivity contribution is -0.873. The van der Waals surface area contributed by atoms with Gasteiger partial charge >= 0.3 is 5.91 Å². The van der Waals surface area contributed by atoms with Gasteiger partial charge in [0.2, 0.25) is 5.12 Å². The standard InChI is InChI=1S/C24H27NO4S/c1-3-15-25(23(27)22(26)18-8-5-4-6-9-18)16-7-10-20(21(25)24(28)30)17-11-13-19(29-2)14-12-17/h4-6,8-9,11-14,20-21H,3,7,10,15-16H2,1-2H3/p+1. The number of ether oxygens (including phenoxy) is 1. The van der Waals surface area contributed by atoms with E-state index in [2.05, 4.69) is 12.6 Å². The summed E-state index contributed by atoms with van der Waals surface area (Å²) in [6, 6.07) is 15.4. The van der Waals surface area contributed by atoms with Crippen LogP contribution in [0, 0.1) is 0 Å². The van der Waals surface area contributed by atoms with E-state index >= 15 is 0 Å². The lowest BCUT2D eigenvalue weighted by atomic mass is 9.81. The molecule has 3 atom stereocenters. The fourth-order valence-corrected chi connectivity index (χ4v) is 5.11. The Bertz CT molecular complexity index is 909. The number of methoxy groups -OCH3 is 1. The molecule has 0 N–H and O–H groups in total. The van der Waals surface area contributed by atoms with Crippen molar-refractivity contribution in [2.75, 3.05) is 20.2 Å². The molecule has 0 spiro atoms. The first-order valence-electron chi connectivity index (χ1n) is 10.3. The molecular weight excluding hydrogens is 398 g/mol. The minimum absolute atomic E-state index is 0.163. The number of nitrogens with zero attached hydrogens (tertiary/aromatic N) is 1. The van der Waals surface area contributed by atoms with Gasteiger partial charge in [-0.05, 0) is 37.0 Å². The quantitative estimate of drug-likeness (QED) is 0.314. The fraction of sp³-hybridized carbons (Fsp3) is 0.375. The molecule has 1 aliphatic rings. The largest absolute Gasteiger partial charge is 0.497 e. The van der Waals surface area contributed by atoms with Crippen LogP contribution in [0.15, 0.2) is 54.6 Å². The second kappa shape index (κ2) is 9.58. The number of carbonyl (C=O) groups is 3. The number of ketones is 1. The van der Waals surface area contributed by atoms with Crippen molar-refractivity contribution in [1.29, 1.82) is 0 Å². The molecule has 0 aromatic heterocycles. The molecule has 1 saturated heterocycles. The number of amides is 1. The second-order valence-electron chi connectivity index (χ2n) is 7.79. The predicted octanol–water partition coefficient (Wildman–Crippen LogP) is 4.03. The van der Waals surface area contributed by atoms with Crippen LogP contribution in [0.2, 0.25) is 0 Å². The Morgan fingerprint density at radius 2 is 1.73 bits per heavy atom. The van der Waals surface area contributed by atoms with E-state index in [0.29, 0.717) is 25.1 Å². The highest BCUT2D eigenvalue weighted by Crippen LogP contribution is 2.40. The van der Waals surface area contributed by atoms with Crippen LogP contribution in [-0.2, 0) is 9.59 Å². The van der Waals surface area contributed by atoms with Crippen LogP contribution >= 0.6 is 12.6 Å². The smallest absolute Gasteiger partial charge is 0.387 e. The predicted molar refractivity (Wildman–Crippen MR) is 119 cm³/mol. The summed E-state index contributed by atoms with van der Waals surface area (Å²) in [7, 11) is 1.60. The van der Waals surface area contributed by atoms with E-state index < -0.39 is 17.7 Å². The molecule has 0 saturated carbocycles. The highest BCUT2D eigenvalue weighted by atomic mass is 32.1. The first-order chi connectivity index (χ1) is 14.4. The summed E-state index contributed by atoms with van der Waals surface area (Å²) >= 11 is 4.20. The first kappa shape index (κ1) is 22.2. The van der Waals surface area contributed by atoms with Gasteiger partial charge < -0.3 is 4.74 Å². The third kappa shape index (κ3) is 4.20. The maximum absolute atomic E-state index is 13.6. The van der Waals surface area contributed by atoms with Crippen molar-refractivity contribution in [3.63, 3.8) is 0 Å². The van der Waals surface area contributed by atoms with Crippen LogP contribution in [0.5, 0.6) is 5.75 Å². The summed E-state index contributed by atoms with van der Waals surface area (Å²) in [4.78, 5) is 39.5. The summed E-state index contributed by atoms with van der Waals surface area (Å²) in [5.74, 6) is -0.519. The number of thiol groups is 1. The Morgan fingerprint density at radius 3 is 2.30 bits per heavy atom. The fourth-order valence-electron chi connectivity index (χ4n) is 4.71. The summed E-state index contributed by atoms with van der Waals surface area (Å²) in [5.41, 5.74) is 1.31. The lowest BCUT2D eigenvalue weighted by Gasteiger charge is -2.47. The number of likely N-dealkylation sites (tertiary alicyclic amines) is 1. The van der Waals surface area contributed by atoms with E-state index in [1.165, 1.54) is 0 Å². The molecule has 0 aliphatic carbocycles. The number of quaternary nitrogens is 1. The molecule has 1 fully saturated rings. The van der Waals surface area contributed by atoms with Gasteiger partial charge in [-0.15, -0.1) is 0 Å². The molecule has 2 aromatic rings. The zero-order chi connectivity index (χ0) is 21.7. The van der Waals surface area contributed by atoms with Gasteiger partial charge in [0.1, 0.15) is 5.75 Å². The second-order valence-corrected chi connectivity index (χ2v) is 8.23.